The third-order valence-electron chi connectivity index (χ3n) is 1.37. The highest BCUT2D eigenvalue weighted by Crippen LogP contribution is 2.28. The highest BCUT2D eigenvalue weighted by Gasteiger charge is 2.45. The molecule has 0 aliphatic carbocycles. The van der Waals surface area contributed by atoms with Crippen molar-refractivity contribution in [2.24, 2.45) is 0 Å². The van der Waals surface area contributed by atoms with Crippen molar-refractivity contribution in [1.82, 2.24) is 10.4 Å². The van der Waals surface area contributed by atoms with Gasteiger partial charge in [0, 0.05) is 0 Å². The Morgan fingerprint density at radius 1 is 0.909 bits per heavy atom. The molecule has 0 aromatic rings. The average molecular weight is 451 g/mol. The summed E-state index contributed by atoms with van der Waals surface area (Å²) in [4.78, 5) is 22.3. The van der Waals surface area contributed by atoms with Gasteiger partial charge in [-0.05, 0) is 0 Å². The van der Waals surface area contributed by atoms with E-state index < -0.39 is 44.3 Å². The molecule has 0 aliphatic rings. The Labute approximate surface area is 151 Å². The summed E-state index contributed by atoms with van der Waals surface area (Å²) in [6, 6.07) is 0. The lowest BCUT2D eigenvalue weighted by Gasteiger charge is -2.25. The second-order valence-electron chi connectivity index (χ2n) is 3.28. The van der Waals surface area contributed by atoms with Crippen molar-refractivity contribution in [3.63, 3.8) is 0 Å². The van der Waals surface area contributed by atoms with E-state index in [-0.39, 0.29) is 0 Å². The number of nitrogens with zero attached hydrogens (tertiary/aromatic N) is 1. The summed E-state index contributed by atoms with van der Waals surface area (Å²) in [5.41, 5.74) is 1.03. The van der Waals surface area contributed by atoms with Crippen molar-refractivity contribution in [2.75, 3.05) is 13.2 Å². The first-order valence-corrected chi connectivity index (χ1v) is 6.99. The lowest BCUT2D eigenvalue weighted by Crippen LogP contribution is -2.54. The maximum atomic E-state index is 12.6. The third kappa shape index (κ3) is 10.7. The van der Waals surface area contributed by atoms with Crippen LogP contribution in [0, 0.1) is 0 Å². The van der Waals surface area contributed by atoms with Gasteiger partial charge in [0.15, 0.2) is 0 Å². The maximum absolute atomic E-state index is 12.6. The van der Waals surface area contributed by atoms with Crippen LogP contribution in [0.2, 0.25) is 0 Å². The topological polar surface area (TPSA) is 67.9 Å². The predicted octanol–water partition coefficient (Wildman–Crippen LogP) is 4.33. The number of hydrogen-bond acceptors (Lipinski definition) is 4. The van der Waals surface area contributed by atoms with E-state index in [1.807, 2.05) is 0 Å². The van der Waals surface area contributed by atoms with Gasteiger partial charge in [-0.25, -0.2) is 15.0 Å². The van der Waals surface area contributed by atoms with E-state index in [1.54, 1.807) is 0 Å². The van der Waals surface area contributed by atoms with Crippen molar-refractivity contribution in [3.05, 3.63) is 0 Å². The summed E-state index contributed by atoms with van der Waals surface area (Å²) in [7, 11) is 0. The van der Waals surface area contributed by atoms with Crippen LogP contribution in [0.15, 0.2) is 0 Å². The van der Waals surface area contributed by atoms with Gasteiger partial charge in [-0.15, -0.1) is 18.2 Å². The molecule has 0 heterocycles. The van der Waals surface area contributed by atoms with Crippen molar-refractivity contribution in [2.45, 2.75) is 13.9 Å². The van der Waals surface area contributed by atoms with E-state index in [0.717, 1.165) is 5.43 Å². The van der Waals surface area contributed by atoms with E-state index in [9.17, 15) is 22.8 Å². The number of alkyl halides is 9. The van der Waals surface area contributed by atoms with Gasteiger partial charge >= 0.3 is 18.5 Å². The highest BCUT2D eigenvalue weighted by atomic mass is 35.6. The van der Waals surface area contributed by atoms with Crippen LogP contribution in [0.3, 0.4) is 0 Å². The zero-order valence-corrected chi connectivity index (χ0v) is 14.4. The fourth-order valence-electron chi connectivity index (χ4n) is 0.692. The van der Waals surface area contributed by atoms with Crippen LogP contribution in [-0.4, -0.2) is 44.3 Å². The summed E-state index contributed by atoms with van der Waals surface area (Å²) in [5, 5.41) is -1.15. The van der Waals surface area contributed by atoms with Crippen molar-refractivity contribution in [1.29, 1.82) is 0 Å². The summed E-state index contributed by atoms with van der Waals surface area (Å²) in [6.45, 7) is -1.88. The molecule has 0 aromatic carbocycles. The van der Waals surface area contributed by atoms with E-state index in [2.05, 4.69) is 9.47 Å². The molecule has 0 saturated carbocycles. The SMILES string of the molecule is O=C(NN(C(=O)OCC(Cl)(Cl)Cl)C(F)(F)F)OCC(Cl)(Cl)Cl. The molecule has 0 aliphatic heterocycles. The molecule has 0 bridgehead atoms. The minimum Gasteiger partial charge on any atom is -0.444 e. The van der Waals surface area contributed by atoms with Crippen LogP contribution in [0.5, 0.6) is 0 Å². The Bertz CT molecular complexity index is 411. The van der Waals surface area contributed by atoms with Crippen LogP contribution in [0.1, 0.15) is 0 Å². The number of amides is 2. The third-order valence-corrected chi connectivity index (χ3v) is 2.02. The summed E-state index contributed by atoms with van der Waals surface area (Å²) >= 11 is 31.3. The molecular weight excluding hydrogens is 446 g/mol. The number of hydrazine groups is 1. The zero-order chi connectivity index (χ0) is 17.8. The number of carbonyl (C=O) groups is 2. The van der Waals surface area contributed by atoms with E-state index in [4.69, 9.17) is 69.6 Å². The van der Waals surface area contributed by atoms with Crippen LogP contribution >= 0.6 is 69.6 Å². The first kappa shape index (κ1) is 22.1. The molecule has 2 amide bonds. The van der Waals surface area contributed by atoms with Crippen LogP contribution in [-0.2, 0) is 9.47 Å². The average Bonchev–Trinajstić information content (AvgIpc) is 2.27. The second-order valence-corrected chi connectivity index (χ2v) is 8.31. The number of halogens is 9. The minimum atomic E-state index is -5.36. The van der Waals surface area contributed by atoms with Gasteiger partial charge in [0.05, 0.1) is 0 Å². The Morgan fingerprint density at radius 3 is 1.68 bits per heavy atom. The molecule has 1 N–H and O–H groups in total. The van der Waals surface area contributed by atoms with Gasteiger partial charge in [-0.2, -0.15) is 0 Å². The smallest absolute Gasteiger partial charge is 0.444 e. The fraction of sp³-hybridized carbons (Fsp3) is 0.714. The molecule has 22 heavy (non-hydrogen) atoms. The number of nitrogens with one attached hydrogen (secondary N) is 1. The lowest BCUT2D eigenvalue weighted by atomic mass is 10.8. The Balaban J connectivity index is 4.73. The van der Waals surface area contributed by atoms with Gasteiger partial charge < -0.3 is 9.47 Å². The van der Waals surface area contributed by atoms with Crippen molar-refractivity contribution < 1.29 is 32.2 Å². The van der Waals surface area contributed by atoms with Gasteiger partial charge in [0.2, 0.25) is 7.59 Å². The Kier molecular flexibility index (Phi) is 8.28. The number of hydrogen-bond donors (Lipinski definition) is 1. The highest BCUT2D eigenvalue weighted by molar-refractivity contribution is 6.68. The predicted molar refractivity (Wildman–Crippen MR) is 74.3 cm³/mol. The summed E-state index contributed by atoms with van der Waals surface area (Å²) < 4.78 is 41.8. The number of carbonyl (C=O) groups excluding carboxylic acids is 2. The molecule has 0 fully saturated rings. The molecule has 0 aromatic heterocycles. The minimum absolute atomic E-state index is 0.877. The molecular formula is C7H5Cl6F3N2O4. The quantitative estimate of drug-likeness (QED) is 0.386. The largest absolute Gasteiger partial charge is 0.508 e. The van der Waals surface area contributed by atoms with Crippen molar-refractivity contribution in [3.8, 4) is 0 Å². The van der Waals surface area contributed by atoms with E-state index >= 15 is 0 Å². The molecule has 0 radical (unpaired) electrons. The molecule has 6 nitrogen and oxygen atoms in total. The number of rotatable bonds is 2. The standard InChI is InChI=1S/C7H5Cl6F3N2O4/c8-5(9,10)1-21-3(19)17-18(7(14,15)16)4(20)22-2-6(11,12)13/h1-2H2,(H,17,19). The molecule has 0 unspecified atom stereocenters. The monoisotopic (exact) mass is 448 g/mol. The first-order valence-electron chi connectivity index (χ1n) is 4.72. The molecule has 0 atom stereocenters. The molecule has 0 saturated heterocycles. The number of ether oxygens (including phenoxy) is 2. The van der Waals surface area contributed by atoms with Gasteiger partial charge in [-0.1, -0.05) is 69.6 Å². The van der Waals surface area contributed by atoms with E-state index in [1.165, 1.54) is 0 Å². The first-order chi connectivity index (χ1) is 9.62. The molecule has 0 rings (SSSR count). The van der Waals surface area contributed by atoms with Gasteiger partial charge in [-0.3, -0.25) is 0 Å². The summed E-state index contributed by atoms with van der Waals surface area (Å²) in [6.07, 6.45) is -9.18. The van der Waals surface area contributed by atoms with Crippen molar-refractivity contribution >= 4 is 81.8 Å². The van der Waals surface area contributed by atoms with Crippen LogP contribution < -0.4 is 5.43 Å². The molecule has 0 spiro atoms. The maximum Gasteiger partial charge on any atom is 0.508 e. The lowest BCUT2D eigenvalue weighted by molar-refractivity contribution is -0.243. The van der Waals surface area contributed by atoms with Gasteiger partial charge in [0.1, 0.15) is 13.2 Å². The second kappa shape index (κ2) is 8.25. The molecule has 15 heteroatoms. The zero-order valence-electron chi connectivity index (χ0n) is 9.90. The normalized spacial score (nSPS) is 12.6. The van der Waals surface area contributed by atoms with Crippen LogP contribution in [0.4, 0.5) is 22.8 Å². The van der Waals surface area contributed by atoms with Gasteiger partial charge in [0.25, 0.3) is 0 Å². The Morgan fingerprint density at radius 2 is 1.32 bits per heavy atom. The van der Waals surface area contributed by atoms with Crippen LogP contribution in [0.25, 0.3) is 0 Å². The molecule has 130 valence electrons. The summed E-state index contributed by atoms with van der Waals surface area (Å²) in [5.74, 6) is 0. The Hall–Kier alpha value is 0.0700. The van der Waals surface area contributed by atoms with E-state index in [0.29, 0.717) is 0 Å². The fourth-order valence-corrected chi connectivity index (χ4v) is 1.02.